The molecule has 0 aliphatic heterocycles. The Bertz CT molecular complexity index is 383. The van der Waals surface area contributed by atoms with Gasteiger partial charge in [0.1, 0.15) is 0 Å². The molecule has 0 unspecified atom stereocenters. The Morgan fingerprint density at radius 3 is 2.67 bits per heavy atom. The summed E-state index contributed by atoms with van der Waals surface area (Å²) in [4.78, 5) is 3.79. The highest BCUT2D eigenvalue weighted by molar-refractivity contribution is 5.39. The van der Waals surface area contributed by atoms with Gasteiger partial charge in [0.15, 0.2) is 17.5 Å². The van der Waals surface area contributed by atoms with Crippen LogP contribution in [0.1, 0.15) is 33.6 Å². The summed E-state index contributed by atoms with van der Waals surface area (Å²) in [6.07, 6.45) is 1.83. The van der Waals surface area contributed by atoms with E-state index in [1.807, 2.05) is 6.92 Å². The smallest absolute Gasteiger partial charge is 0.252 e. The van der Waals surface area contributed by atoms with Gasteiger partial charge in [0.05, 0.1) is 6.61 Å². The summed E-state index contributed by atoms with van der Waals surface area (Å²) in [5.74, 6) is -1.01. The van der Waals surface area contributed by atoms with E-state index in [4.69, 9.17) is 4.74 Å². The second-order valence-electron chi connectivity index (χ2n) is 4.52. The van der Waals surface area contributed by atoms with Gasteiger partial charge in [-0.1, -0.05) is 13.8 Å². The predicted molar refractivity (Wildman–Crippen MR) is 67.9 cm³/mol. The van der Waals surface area contributed by atoms with Crippen LogP contribution in [0.4, 0.5) is 14.6 Å². The zero-order chi connectivity index (χ0) is 13.5. The molecule has 0 atom stereocenters. The SMILES string of the molecule is CCNc1nc(OCCCC(C)C)c(F)cc1F. The Morgan fingerprint density at radius 1 is 1.33 bits per heavy atom. The van der Waals surface area contributed by atoms with Crippen molar-refractivity contribution in [3.8, 4) is 5.88 Å². The number of anilines is 1. The van der Waals surface area contributed by atoms with E-state index in [1.54, 1.807) is 0 Å². The number of hydrogen-bond donors (Lipinski definition) is 1. The molecule has 1 aromatic heterocycles. The average Bonchev–Trinajstić information content (AvgIpc) is 2.29. The van der Waals surface area contributed by atoms with E-state index >= 15 is 0 Å². The highest BCUT2D eigenvalue weighted by Crippen LogP contribution is 2.21. The molecule has 0 amide bonds. The van der Waals surface area contributed by atoms with Crippen molar-refractivity contribution in [1.82, 2.24) is 4.98 Å². The minimum atomic E-state index is -0.765. The van der Waals surface area contributed by atoms with Gasteiger partial charge in [-0.3, -0.25) is 0 Å². The molecule has 18 heavy (non-hydrogen) atoms. The van der Waals surface area contributed by atoms with Crippen LogP contribution in [0.15, 0.2) is 6.07 Å². The highest BCUT2D eigenvalue weighted by Gasteiger charge is 2.12. The fourth-order valence-corrected chi connectivity index (χ4v) is 1.50. The fraction of sp³-hybridized carbons (Fsp3) is 0.615. The minimum Gasteiger partial charge on any atom is -0.476 e. The Hall–Kier alpha value is -1.39. The fourth-order valence-electron chi connectivity index (χ4n) is 1.50. The largest absolute Gasteiger partial charge is 0.476 e. The predicted octanol–water partition coefficient (Wildman–Crippen LogP) is 3.61. The molecule has 1 aromatic rings. The molecule has 3 nitrogen and oxygen atoms in total. The summed E-state index contributed by atoms with van der Waals surface area (Å²) in [5, 5.41) is 2.72. The van der Waals surface area contributed by atoms with Gasteiger partial charge in [-0.25, -0.2) is 8.78 Å². The van der Waals surface area contributed by atoms with Crippen LogP contribution in [0.2, 0.25) is 0 Å². The minimum absolute atomic E-state index is 0.0257. The van der Waals surface area contributed by atoms with Crippen LogP contribution in [0.25, 0.3) is 0 Å². The number of aromatic nitrogens is 1. The lowest BCUT2D eigenvalue weighted by Crippen LogP contribution is -2.07. The molecule has 0 aliphatic carbocycles. The maximum atomic E-state index is 13.4. The Kier molecular flexibility index (Phi) is 5.82. The molecule has 5 heteroatoms. The lowest BCUT2D eigenvalue weighted by Gasteiger charge is -2.10. The van der Waals surface area contributed by atoms with Crippen LogP contribution < -0.4 is 10.1 Å². The molecule has 1 rings (SSSR count). The molecule has 1 heterocycles. The number of pyridine rings is 1. The summed E-state index contributed by atoms with van der Waals surface area (Å²) >= 11 is 0. The second-order valence-corrected chi connectivity index (χ2v) is 4.52. The van der Waals surface area contributed by atoms with Crippen molar-refractivity contribution in [2.75, 3.05) is 18.5 Å². The van der Waals surface area contributed by atoms with E-state index in [2.05, 4.69) is 24.1 Å². The van der Waals surface area contributed by atoms with Gasteiger partial charge in [-0.15, -0.1) is 0 Å². The zero-order valence-corrected chi connectivity index (χ0v) is 11.1. The van der Waals surface area contributed by atoms with E-state index < -0.39 is 11.6 Å². The molecular weight excluding hydrogens is 238 g/mol. The number of nitrogens with one attached hydrogen (secondary N) is 1. The molecule has 0 saturated heterocycles. The van der Waals surface area contributed by atoms with E-state index in [-0.39, 0.29) is 11.7 Å². The molecule has 0 saturated carbocycles. The number of halogens is 2. The lowest BCUT2D eigenvalue weighted by molar-refractivity contribution is 0.272. The Labute approximate surface area is 107 Å². The quantitative estimate of drug-likeness (QED) is 0.759. The number of nitrogens with zero attached hydrogens (tertiary/aromatic N) is 1. The molecule has 0 radical (unpaired) electrons. The first-order valence-corrected chi connectivity index (χ1v) is 6.27. The third-order valence-electron chi connectivity index (χ3n) is 2.41. The van der Waals surface area contributed by atoms with Crippen LogP contribution in [-0.4, -0.2) is 18.1 Å². The first kappa shape index (κ1) is 14.7. The van der Waals surface area contributed by atoms with Crippen molar-refractivity contribution in [2.24, 2.45) is 5.92 Å². The first-order valence-electron chi connectivity index (χ1n) is 6.27. The van der Waals surface area contributed by atoms with Gasteiger partial charge >= 0.3 is 0 Å². The van der Waals surface area contributed by atoms with Crippen LogP contribution in [0.5, 0.6) is 5.88 Å². The molecular formula is C13H20F2N2O. The Balaban J connectivity index is 2.61. The lowest BCUT2D eigenvalue weighted by atomic mass is 10.1. The van der Waals surface area contributed by atoms with Crippen LogP contribution >= 0.6 is 0 Å². The van der Waals surface area contributed by atoms with Crippen LogP contribution in [0.3, 0.4) is 0 Å². The molecule has 0 spiro atoms. The Morgan fingerprint density at radius 2 is 2.06 bits per heavy atom. The van der Waals surface area contributed by atoms with Gasteiger partial charge in [0.25, 0.3) is 5.88 Å². The molecule has 1 N–H and O–H groups in total. The molecule has 0 bridgehead atoms. The number of ether oxygens (including phenoxy) is 1. The van der Waals surface area contributed by atoms with Crippen LogP contribution in [-0.2, 0) is 0 Å². The molecule has 0 fully saturated rings. The highest BCUT2D eigenvalue weighted by atomic mass is 19.1. The summed E-state index contributed by atoms with van der Waals surface area (Å²) in [6, 6.07) is 0.794. The second kappa shape index (κ2) is 7.13. The van der Waals surface area contributed by atoms with Gasteiger partial charge in [-0.05, 0) is 25.7 Å². The van der Waals surface area contributed by atoms with Crippen molar-refractivity contribution in [3.05, 3.63) is 17.7 Å². The molecule has 0 aliphatic rings. The number of hydrogen-bond acceptors (Lipinski definition) is 3. The van der Waals surface area contributed by atoms with Gasteiger partial charge < -0.3 is 10.1 Å². The number of rotatable bonds is 7. The van der Waals surface area contributed by atoms with Gasteiger partial charge in [-0.2, -0.15) is 4.98 Å². The van der Waals surface area contributed by atoms with E-state index in [1.165, 1.54) is 0 Å². The van der Waals surface area contributed by atoms with Crippen molar-refractivity contribution in [2.45, 2.75) is 33.6 Å². The third kappa shape index (κ3) is 4.47. The van der Waals surface area contributed by atoms with Gasteiger partial charge in [0.2, 0.25) is 0 Å². The van der Waals surface area contributed by atoms with Crippen molar-refractivity contribution in [1.29, 1.82) is 0 Å². The summed E-state index contributed by atoms with van der Waals surface area (Å²) in [5.41, 5.74) is 0. The maximum Gasteiger partial charge on any atom is 0.252 e. The molecule has 102 valence electrons. The zero-order valence-electron chi connectivity index (χ0n) is 11.1. The van der Waals surface area contributed by atoms with Crippen molar-refractivity contribution < 1.29 is 13.5 Å². The maximum absolute atomic E-state index is 13.4. The summed E-state index contributed by atoms with van der Waals surface area (Å²) in [7, 11) is 0. The normalized spacial score (nSPS) is 10.8. The van der Waals surface area contributed by atoms with Gasteiger partial charge in [0, 0.05) is 12.6 Å². The average molecular weight is 258 g/mol. The standard InChI is InChI=1S/C13H20F2N2O/c1-4-16-12-10(14)8-11(15)13(17-12)18-7-5-6-9(2)3/h8-9H,4-7H2,1-3H3,(H,16,17). The van der Waals surface area contributed by atoms with Crippen LogP contribution in [0, 0.1) is 17.6 Å². The van der Waals surface area contributed by atoms with E-state index in [9.17, 15) is 8.78 Å². The van der Waals surface area contributed by atoms with E-state index in [0.29, 0.717) is 19.1 Å². The summed E-state index contributed by atoms with van der Waals surface area (Å²) in [6.45, 7) is 6.94. The third-order valence-corrected chi connectivity index (χ3v) is 2.41. The van der Waals surface area contributed by atoms with Crippen molar-refractivity contribution in [3.63, 3.8) is 0 Å². The first-order chi connectivity index (χ1) is 8.54. The van der Waals surface area contributed by atoms with E-state index in [0.717, 1.165) is 18.9 Å². The summed E-state index contributed by atoms with van der Waals surface area (Å²) < 4.78 is 31.9. The topological polar surface area (TPSA) is 34.2 Å². The molecule has 0 aromatic carbocycles. The van der Waals surface area contributed by atoms with Crippen molar-refractivity contribution >= 4 is 5.82 Å². The monoisotopic (exact) mass is 258 g/mol.